The van der Waals surface area contributed by atoms with E-state index in [0.717, 1.165) is 10.5 Å². The fourth-order valence-electron chi connectivity index (χ4n) is 11.0. The first kappa shape index (κ1) is 67.4. The number of Topliss-reactive ketones (excluding diaryl/α,β-unsaturated/α-hetero) is 2. The summed E-state index contributed by atoms with van der Waals surface area (Å²) in [4.78, 5) is 71.0. The number of rotatable bonds is 17. The number of hydrogen-bond donors (Lipinski definition) is 6. The third-order valence-electron chi connectivity index (χ3n) is 15.9. The summed E-state index contributed by atoms with van der Waals surface area (Å²) >= 11 is 0. The molecular weight excluding hydrogens is 1020 g/mol. The van der Waals surface area contributed by atoms with Gasteiger partial charge in [-0.1, -0.05) is 64.2 Å². The number of carbonyl (C=O) groups excluding carboxylic acids is 5. The molecule has 2 amide bonds. The van der Waals surface area contributed by atoms with Gasteiger partial charge in [-0.15, -0.1) is 0 Å². The van der Waals surface area contributed by atoms with Crippen molar-refractivity contribution in [2.24, 2.45) is 41.1 Å². The zero-order valence-corrected chi connectivity index (χ0v) is 48.4. The maximum atomic E-state index is 14.6. The molecule has 3 aliphatic heterocycles. The number of amides is 2. The number of allylic oxidation sites excluding steroid dienone is 5. The van der Waals surface area contributed by atoms with E-state index in [4.69, 9.17) is 54.1 Å². The van der Waals surface area contributed by atoms with Crippen LogP contribution in [-0.4, -0.2) is 191 Å². The van der Waals surface area contributed by atoms with Crippen molar-refractivity contribution in [3.8, 4) is 0 Å². The van der Waals surface area contributed by atoms with Gasteiger partial charge in [0.05, 0.1) is 57.5 Å². The second kappa shape index (κ2) is 34.3. The molecule has 3 fully saturated rings. The molecule has 79 heavy (non-hydrogen) atoms. The van der Waals surface area contributed by atoms with Gasteiger partial charge in [0.25, 0.3) is 11.7 Å². The topological polar surface area (TPSA) is 296 Å². The summed E-state index contributed by atoms with van der Waals surface area (Å²) in [6, 6.07) is -2.12. The van der Waals surface area contributed by atoms with Crippen molar-refractivity contribution in [2.45, 2.75) is 185 Å². The molecule has 0 aromatic carbocycles. The SMILES string of the molecule is CCOCCOCCOCCNC(=O)O[C@@H]1CC[C@@H](C[C@@H](N)[C@@H]2CC(O)[C@H](C)/C=C(\N)[C@@H](O)[C@@H](OC)C(=O)[C@H](C)C[C@H](C)/C=C/C=C/C=C(\C)[C@@H](OC)C[C@@H]3CC[C@@H](C)[C@@](O)(O3)C(=O)C(=O)N3CCCC[C@H]3C(=O)O2)C[C@H]1OC. The normalized spacial score (nSPS) is 36.1. The van der Waals surface area contributed by atoms with Crippen LogP contribution in [0.2, 0.25) is 0 Å². The predicted octanol–water partition coefficient (Wildman–Crippen LogP) is 4.36. The number of alkyl carbamates (subject to hydrolysis) is 1. The number of cyclic esters (lactones) is 1. The first-order valence-corrected chi connectivity index (χ1v) is 28.6. The molecule has 8 N–H and O–H groups in total. The lowest BCUT2D eigenvalue weighted by molar-refractivity contribution is -0.265. The van der Waals surface area contributed by atoms with Gasteiger partial charge in [0.1, 0.15) is 30.5 Å². The lowest BCUT2D eigenvalue weighted by Crippen LogP contribution is -2.61. The van der Waals surface area contributed by atoms with E-state index >= 15 is 0 Å². The number of esters is 1. The van der Waals surface area contributed by atoms with Crippen molar-refractivity contribution in [1.82, 2.24) is 10.2 Å². The highest BCUT2D eigenvalue weighted by molar-refractivity contribution is 6.39. The van der Waals surface area contributed by atoms with E-state index in [0.29, 0.717) is 84.4 Å². The number of fused-ring (bicyclic) bond motifs is 3. The molecule has 21 nitrogen and oxygen atoms in total. The van der Waals surface area contributed by atoms with Crippen LogP contribution < -0.4 is 16.8 Å². The van der Waals surface area contributed by atoms with E-state index in [1.54, 1.807) is 27.9 Å². The Morgan fingerprint density at radius 2 is 1.56 bits per heavy atom. The average molecular weight is 1120 g/mol. The number of aliphatic hydroxyl groups is 3. The molecule has 0 aromatic rings. The highest BCUT2D eigenvalue weighted by atomic mass is 16.6. The molecule has 450 valence electrons. The number of ether oxygens (including phenoxy) is 9. The maximum Gasteiger partial charge on any atom is 0.407 e. The number of hydrogen-bond acceptors (Lipinski definition) is 19. The number of piperidine rings is 1. The van der Waals surface area contributed by atoms with Crippen molar-refractivity contribution in [3.63, 3.8) is 0 Å². The number of methoxy groups -OCH3 is 3. The van der Waals surface area contributed by atoms with E-state index < -0.39 is 108 Å². The molecule has 21 heteroatoms. The zero-order valence-electron chi connectivity index (χ0n) is 48.4. The van der Waals surface area contributed by atoms with E-state index in [1.807, 2.05) is 51.2 Å². The van der Waals surface area contributed by atoms with Crippen molar-refractivity contribution in [3.05, 3.63) is 47.7 Å². The van der Waals surface area contributed by atoms with Gasteiger partial charge in [0.15, 0.2) is 5.78 Å². The standard InChI is InChI=1S/C58H96N4O17/c1-10-74-26-27-76-29-28-75-25-23-61-57(69)78-47-22-20-41(33-50(47)72-8)32-43(59)49-35-46(63)38(4)31-44(60)52(65)53(73-9)51(64)39(5)30-36(2)16-12-11-13-17-37(3)48(71-7)34-42-21-19-40(6)58(70,79-42)54(66)55(67)62-24-15-14-18-45(62)56(68)77-49/h11-13,16-17,31,36,38-43,45-50,52-53,63,65,70H,10,14-15,18-30,32-35,59-60H2,1-9H3,(H,61,69)/b13-11+,16-12+,37-17+,44-31-/t36-,38-,39-,40-,41+,42+,43-,45+,46?,47-,48+,49+,50-,52-,53+,58-/m1/s1. The Labute approximate surface area is 468 Å². The fraction of sp³-hybridized carbons (Fsp3) is 0.776. The van der Waals surface area contributed by atoms with Crippen LogP contribution in [0.1, 0.15) is 119 Å². The number of nitrogens with zero attached hydrogens (tertiary/aromatic N) is 1. The van der Waals surface area contributed by atoms with Gasteiger partial charge in [-0.2, -0.15) is 0 Å². The van der Waals surface area contributed by atoms with E-state index in [1.165, 1.54) is 20.3 Å². The largest absolute Gasteiger partial charge is 0.459 e. The highest BCUT2D eigenvalue weighted by Gasteiger charge is 2.53. The minimum Gasteiger partial charge on any atom is -0.459 e. The minimum absolute atomic E-state index is 0.0306. The van der Waals surface area contributed by atoms with Gasteiger partial charge in [-0.3, -0.25) is 14.4 Å². The Balaban J connectivity index is 1.58. The first-order valence-electron chi connectivity index (χ1n) is 28.6. The summed E-state index contributed by atoms with van der Waals surface area (Å²) in [5, 5.41) is 38.0. The molecule has 0 spiro atoms. The molecule has 2 bridgehead atoms. The predicted molar refractivity (Wildman–Crippen MR) is 294 cm³/mol. The Kier molecular flexibility index (Phi) is 29.3. The number of nitrogens with two attached hydrogens (primary N) is 2. The van der Waals surface area contributed by atoms with Crippen LogP contribution in [0.15, 0.2) is 47.7 Å². The molecule has 1 aliphatic carbocycles. The van der Waals surface area contributed by atoms with E-state index in [9.17, 15) is 39.3 Å². The molecule has 0 aromatic heterocycles. The number of carbonyl (C=O) groups is 5. The molecule has 16 atom stereocenters. The molecule has 4 aliphatic rings. The summed E-state index contributed by atoms with van der Waals surface area (Å²) in [6.45, 7) is 13.7. The molecule has 4 rings (SSSR count). The third-order valence-corrected chi connectivity index (χ3v) is 15.9. The maximum absolute atomic E-state index is 14.6. The van der Waals surface area contributed by atoms with Crippen LogP contribution in [0, 0.1) is 29.6 Å². The second-order valence-electron chi connectivity index (χ2n) is 22.0. The van der Waals surface area contributed by atoms with Crippen molar-refractivity contribution in [1.29, 1.82) is 0 Å². The fourth-order valence-corrected chi connectivity index (χ4v) is 11.0. The van der Waals surface area contributed by atoms with Crippen LogP contribution >= 0.6 is 0 Å². The van der Waals surface area contributed by atoms with E-state index in [-0.39, 0.29) is 68.7 Å². The summed E-state index contributed by atoms with van der Waals surface area (Å²) in [5.74, 6) is -8.11. The Morgan fingerprint density at radius 1 is 0.848 bits per heavy atom. The average Bonchev–Trinajstić information content (AvgIpc) is 3.47. The summed E-state index contributed by atoms with van der Waals surface area (Å²) in [6.07, 6.45) is 7.15. The van der Waals surface area contributed by atoms with Crippen LogP contribution in [-0.2, 0) is 61.8 Å². The number of nitrogens with one attached hydrogen (secondary N) is 1. The Morgan fingerprint density at radius 3 is 2.24 bits per heavy atom. The van der Waals surface area contributed by atoms with Gasteiger partial charge in [-0.05, 0) is 95.5 Å². The zero-order chi connectivity index (χ0) is 58.2. The molecular formula is C58H96N4O17. The van der Waals surface area contributed by atoms with Crippen LogP contribution in [0.3, 0.4) is 0 Å². The molecule has 1 saturated carbocycles. The third kappa shape index (κ3) is 20.7. The van der Waals surface area contributed by atoms with Crippen molar-refractivity contribution in [2.75, 3.05) is 74.1 Å². The second-order valence-corrected chi connectivity index (χ2v) is 22.0. The van der Waals surface area contributed by atoms with Gasteiger partial charge in [0.2, 0.25) is 5.79 Å². The Bertz CT molecular complexity index is 2040. The van der Waals surface area contributed by atoms with Crippen LogP contribution in [0.4, 0.5) is 4.79 Å². The Hall–Kier alpha value is -4.13. The quantitative estimate of drug-likeness (QED) is 0.0670. The summed E-state index contributed by atoms with van der Waals surface area (Å²) in [7, 11) is 4.41. The van der Waals surface area contributed by atoms with Gasteiger partial charge < -0.3 is 79.6 Å². The van der Waals surface area contributed by atoms with Gasteiger partial charge in [-0.25, -0.2) is 9.59 Å². The smallest absolute Gasteiger partial charge is 0.407 e. The monoisotopic (exact) mass is 1120 g/mol. The van der Waals surface area contributed by atoms with Gasteiger partial charge >= 0.3 is 12.1 Å². The number of aliphatic hydroxyl groups excluding tert-OH is 2. The van der Waals surface area contributed by atoms with Gasteiger partial charge in [0, 0.05) is 83.4 Å². The molecule has 1 unspecified atom stereocenters. The molecule has 2 saturated heterocycles. The molecule has 0 radical (unpaired) electrons. The van der Waals surface area contributed by atoms with Crippen LogP contribution in [0.5, 0.6) is 0 Å². The summed E-state index contributed by atoms with van der Waals surface area (Å²) < 4.78 is 51.6. The van der Waals surface area contributed by atoms with Crippen molar-refractivity contribution >= 4 is 29.5 Å². The number of ketones is 2. The van der Waals surface area contributed by atoms with E-state index in [2.05, 4.69) is 5.32 Å². The highest BCUT2D eigenvalue weighted by Crippen LogP contribution is 2.37. The molecule has 3 heterocycles. The van der Waals surface area contributed by atoms with Crippen molar-refractivity contribution < 1.29 is 81.9 Å². The summed E-state index contributed by atoms with van der Waals surface area (Å²) in [5.41, 5.74) is 14.2. The lowest BCUT2D eigenvalue weighted by atomic mass is 9.80. The minimum atomic E-state index is -2.48. The van der Waals surface area contributed by atoms with Crippen LogP contribution in [0.25, 0.3) is 0 Å². The lowest BCUT2D eigenvalue weighted by Gasteiger charge is -2.42. The first-order chi connectivity index (χ1) is 37.7.